The van der Waals surface area contributed by atoms with Crippen molar-refractivity contribution in [3.63, 3.8) is 0 Å². The van der Waals surface area contributed by atoms with Gasteiger partial charge in [0.15, 0.2) is 5.69 Å². The Balaban J connectivity index is 1.33. The first-order valence-corrected chi connectivity index (χ1v) is 9.32. The van der Waals surface area contributed by atoms with Gasteiger partial charge >= 0.3 is 0 Å². The van der Waals surface area contributed by atoms with Crippen LogP contribution in [0.3, 0.4) is 0 Å². The average Bonchev–Trinajstić information content (AvgIpc) is 3.38. The molecule has 0 radical (unpaired) electrons. The number of nitrogens with zero attached hydrogens (tertiary/aromatic N) is 2. The second kappa shape index (κ2) is 7.40. The Morgan fingerprint density at radius 3 is 2.84 bits per heavy atom. The summed E-state index contributed by atoms with van der Waals surface area (Å²) >= 11 is 0. The van der Waals surface area contributed by atoms with Gasteiger partial charge in [0.25, 0.3) is 5.91 Å². The van der Waals surface area contributed by atoms with Gasteiger partial charge in [-0.1, -0.05) is 41.9 Å². The third-order valence-electron chi connectivity index (χ3n) is 5.22. The summed E-state index contributed by atoms with van der Waals surface area (Å²) in [7, 11) is 0. The number of amides is 1. The SMILES string of the molecule is O=C(NC[C@H]1CCCCN1Cc1ccccc1)c1cc(C2CC2)on1. The van der Waals surface area contributed by atoms with Gasteiger partial charge in [0.2, 0.25) is 0 Å². The molecule has 1 aliphatic heterocycles. The quantitative estimate of drug-likeness (QED) is 0.877. The molecular weight excluding hydrogens is 314 g/mol. The Hall–Kier alpha value is -2.14. The Kier molecular flexibility index (Phi) is 4.83. The van der Waals surface area contributed by atoms with E-state index in [4.69, 9.17) is 4.52 Å². The van der Waals surface area contributed by atoms with Crippen LogP contribution in [0.2, 0.25) is 0 Å². The van der Waals surface area contributed by atoms with Crippen molar-refractivity contribution in [1.82, 2.24) is 15.4 Å². The highest BCUT2D eigenvalue weighted by Gasteiger charge is 2.29. The highest BCUT2D eigenvalue weighted by molar-refractivity contribution is 5.92. The Bertz CT molecular complexity index is 709. The summed E-state index contributed by atoms with van der Waals surface area (Å²) < 4.78 is 5.28. The number of rotatable bonds is 6. The van der Waals surface area contributed by atoms with Crippen LogP contribution in [0.4, 0.5) is 0 Å². The van der Waals surface area contributed by atoms with Crippen molar-refractivity contribution in [2.75, 3.05) is 13.1 Å². The number of aromatic nitrogens is 1. The largest absolute Gasteiger partial charge is 0.360 e. The number of carbonyl (C=O) groups is 1. The van der Waals surface area contributed by atoms with Crippen LogP contribution >= 0.6 is 0 Å². The van der Waals surface area contributed by atoms with Crippen molar-refractivity contribution in [3.8, 4) is 0 Å². The lowest BCUT2D eigenvalue weighted by Crippen LogP contribution is -2.46. The Morgan fingerprint density at radius 2 is 2.04 bits per heavy atom. The van der Waals surface area contributed by atoms with E-state index in [1.807, 2.05) is 6.07 Å². The van der Waals surface area contributed by atoms with Crippen LogP contribution < -0.4 is 5.32 Å². The van der Waals surface area contributed by atoms with Crippen molar-refractivity contribution in [2.24, 2.45) is 0 Å². The first-order valence-electron chi connectivity index (χ1n) is 9.32. The van der Waals surface area contributed by atoms with Gasteiger partial charge in [-0.3, -0.25) is 9.69 Å². The van der Waals surface area contributed by atoms with Crippen molar-refractivity contribution < 1.29 is 9.32 Å². The number of likely N-dealkylation sites (tertiary alicyclic amines) is 1. The average molecular weight is 339 g/mol. The fraction of sp³-hybridized carbons (Fsp3) is 0.500. The highest BCUT2D eigenvalue weighted by Crippen LogP contribution is 2.40. The molecule has 132 valence electrons. The zero-order valence-electron chi connectivity index (χ0n) is 14.5. The lowest BCUT2D eigenvalue weighted by Gasteiger charge is -2.35. The van der Waals surface area contributed by atoms with Crippen LogP contribution in [-0.2, 0) is 6.54 Å². The zero-order chi connectivity index (χ0) is 17.1. The molecule has 1 saturated carbocycles. The summed E-state index contributed by atoms with van der Waals surface area (Å²) in [5.41, 5.74) is 1.73. The lowest BCUT2D eigenvalue weighted by molar-refractivity contribution is 0.0899. The predicted octanol–water partition coefficient (Wildman–Crippen LogP) is 3.34. The molecule has 1 atom stereocenters. The van der Waals surface area contributed by atoms with Crippen molar-refractivity contribution in [1.29, 1.82) is 0 Å². The van der Waals surface area contributed by atoms with Gasteiger partial charge in [-0.05, 0) is 37.8 Å². The van der Waals surface area contributed by atoms with Gasteiger partial charge < -0.3 is 9.84 Å². The van der Waals surface area contributed by atoms with Crippen molar-refractivity contribution >= 4 is 5.91 Å². The van der Waals surface area contributed by atoms with Crippen LogP contribution in [0.25, 0.3) is 0 Å². The fourth-order valence-corrected chi connectivity index (χ4v) is 3.57. The molecule has 2 fully saturated rings. The molecule has 0 bridgehead atoms. The van der Waals surface area contributed by atoms with Crippen LogP contribution in [0.15, 0.2) is 40.9 Å². The normalized spacial score (nSPS) is 21.2. The maximum Gasteiger partial charge on any atom is 0.273 e. The minimum absolute atomic E-state index is 0.124. The van der Waals surface area contributed by atoms with E-state index in [-0.39, 0.29) is 5.91 Å². The summed E-state index contributed by atoms with van der Waals surface area (Å²) in [6.07, 6.45) is 5.87. The van der Waals surface area contributed by atoms with Gasteiger partial charge in [0, 0.05) is 31.1 Å². The van der Waals surface area contributed by atoms with E-state index in [2.05, 4.69) is 39.6 Å². The van der Waals surface area contributed by atoms with Crippen LogP contribution in [-0.4, -0.2) is 35.1 Å². The first kappa shape index (κ1) is 16.3. The summed E-state index contributed by atoms with van der Waals surface area (Å²) in [6.45, 7) is 2.69. The zero-order valence-corrected chi connectivity index (χ0v) is 14.5. The molecule has 0 spiro atoms. The lowest BCUT2D eigenvalue weighted by atomic mass is 10.0. The number of hydrogen-bond donors (Lipinski definition) is 1. The summed E-state index contributed by atoms with van der Waals surface area (Å²) in [4.78, 5) is 14.8. The van der Waals surface area contributed by atoms with Crippen molar-refractivity contribution in [3.05, 3.63) is 53.4 Å². The molecule has 2 aliphatic rings. The van der Waals surface area contributed by atoms with E-state index in [9.17, 15) is 4.79 Å². The Labute approximate surface area is 148 Å². The van der Waals surface area contributed by atoms with E-state index in [1.54, 1.807) is 6.07 Å². The van der Waals surface area contributed by atoms with Gasteiger partial charge in [-0.15, -0.1) is 0 Å². The Morgan fingerprint density at radius 1 is 1.20 bits per heavy atom. The van der Waals surface area contributed by atoms with Gasteiger partial charge in [0.05, 0.1) is 0 Å². The molecule has 1 amide bonds. The molecule has 1 aromatic heterocycles. The van der Waals surface area contributed by atoms with E-state index < -0.39 is 0 Å². The van der Waals surface area contributed by atoms with E-state index >= 15 is 0 Å². The van der Waals surface area contributed by atoms with Crippen LogP contribution in [0, 0.1) is 0 Å². The minimum atomic E-state index is -0.124. The molecule has 1 N–H and O–H groups in total. The number of piperidine rings is 1. The van der Waals surface area contributed by atoms with Gasteiger partial charge in [-0.25, -0.2) is 0 Å². The van der Waals surface area contributed by atoms with Gasteiger partial charge in [0.1, 0.15) is 5.76 Å². The molecule has 4 rings (SSSR count). The van der Waals surface area contributed by atoms with E-state index in [1.165, 1.54) is 18.4 Å². The number of hydrogen-bond acceptors (Lipinski definition) is 4. The maximum atomic E-state index is 12.4. The molecule has 2 aromatic rings. The van der Waals surface area contributed by atoms with E-state index in [0.29, 0.717) is 24.2 Å². The number of benzene rings is 1. The summed E-state index contributed by atoms with van der Waals surface area (Å²) in [5, 5.41) is 6.98. The molecule has 1 saturated heterocycles. The molecule has 0 unspecified atom stereocenters. The summed E-state index contributed by atoms with van der Waals surface area (Å²) in [6, 6.07) is 12.7. The highest BCUT2D eigenvalue weighted by atomic mass is 16.5. The smallest absolute Gasteiger partial charge is 0.273 e. The standard InChI is InChI=1S/C20H25N3O2/c24-20(18-12-19(25-22-18)16-9-10-16)21-13-17-8-4-5-11-23(17)14-15-6-2-1-3-7-15/h1-3,6-7,12,16-17H,4-5,8-11,13-14H2,(H,21,24)/t17-/m1/s1. The summed E-state index contributed by atoms with van der Waals surface area (Å²) in [5.74, 6) is 1.21. The third-order valence-corrected chi connectivity index (χ3v) is 5.22. The van der Waals surface area contributed by atoms with Crippen molar-refractivity contribution in [2.45, 2.75) is 50.6 Å². The molecule has 25 heavy (non-hydrogen) atoms. The van der Waals surface area contributed by atoms with Crippen LogP contribution in [0.1, 0.15) is 59.8 Å². The predicted molar refractivity (Wildman–Crippen MR) is 95.3 cm³/mol. The first-order chi connectivity index (χ1) is 12.3. The molecular formula is C20H25N3O2. The molecule has 1 aromatic carbocycles. The molecule has 5 heteroatoms. The van der Waals surface area contributed by atoms with E-state index in [0.717, 1.165) is 38.1 Å². The second-order valence-electron chi connectivity index (χ2n) is 7.20. The third kappa shape index (κ3) is 4.10. The van der Waals surface area contributed by atoms with Gasteiger partial charge in [-0.2, -0.15) is 0 Å². The van der Waals surface area contributed by atoms with Crippen LogP contribution in [0.5, 0.6) is 0 Å². The maximum absolute atomic E-state index is 12.4. The molecule has 2 heterocycles. The topological polar surface area (TPSA) is 58.4 Å². The fourth-order valence-electron chi connectivity index (χ4n) is 3.57. The second-order valence-corrected chi connectivity index (χ2v) is 7.20. The monoisotopic (exact) mass is 339 g/mol. The number of carbonyl (C=O) groups excluding carboxylic acids is 1. The minimum Gasteiger partial charge on any atom is -0.360 e. The number of nitrogens with one attached hydrogen (secondary N) is 1. The molecule has 5 nitrogen and oxygen atoms in total. The molecule has 1 aliphatic carbocycles.